The molecule has 1 rings (SSSR count). The molecule has 1 heterocycles. The third kappa shape index (κ3) is 3.62. The first-order valence-corrected chi connectivity index (χ1v) is 5.43. The van der Waals surface area contributed by atoms with E-state index in [0.717, 1.165) is 0 Å². The average Bonchev–Trinajstić information content (AvgIpc) is 2.16. The summed E-state index contributed by atoms with van der Waals surface area (Å²) in [5.41, 5.74) is 0.389. The fourth-order valence-corrected chi connectivity index (χ4v) is 1.60. The summed E-state index contributed by atoms with van der Waals surface area (Å²) in [7, 11) is 0. The van der Waals surface area contributed by atoms with E-state index in [1.54, 1.807) is 25.3 Å². The van der Waals surface area contributed by atoms with Crippen LogP contribution in [0.3, 0.4) is 0 Å². The molecule has 16 heavy (non-hydrogen) atoms. The number of carbonyl (C=O) groups is 2. The van der Waals surface area contributed by atoms with E-state index in [-0.39, 0.29) is 12.3 Å². The molecule has 0 bridgehead atoms. The van der Waals surface area contributed by atoms with Crippen LogP contribution >= 0.6 is 15.9 Å². The molecule has 0 aliphatic rings. The van der Waals surface area contributed by atoms with Crippen molar-refractivity contribution in [2.45, 2.75) is 19.4 Å². The molecule has 0 spiro atoms. The average molecular weight is 287 g/mol. The number of nitrogens with zero attached hydrogens (tertiary/aromatic N) is 1. The van der Waals surface area contributed by atoms with Crippen LogP contribution in [0.2, 0.25) is 0 Å². The first-order valence-electron chi connectivity index (χ1n) is 4.64. The summed E-state index contributed by atoms with van der Waals surface area (Å²) in [5.74, 6) is -1.29. The van der Waals surface area contributed by atoms with Crippen LogP contribution in [0.25, 0.3) is 0 Å². The molecule has 1 atom stereocenters. The normalized spacial score (nSPS) is 11.9. The van der Waals surface area contributed by atoms with E-state index in [9.17, 15) is 9.59 Å². The van der Waals surface area contributed by atoms with Gasteiger partial charge in [0.25, 0.3) is 5.91 Å². The zero-order valence-electron chi connectivity index (χ0n) is 8.61. The Morgan fingerprint density at radius 1 is 1.62 bits per heavy atom. The van der Waals surface area contributed by atoms with Crippen LogP contribution < -0.4 is 5.32 Å². The number of hydrogen-bond acceptors (Lipinski definition) is 3. The van der Waals surface area contributed by atoms with Crippen molar-refractivity contribution < 1.29 is 14.7 Å². The molecule has 86 valence electrons. The number of carboxylic acids is 1. The number of aromatic nitrogens is 1. The summed E-state index contributed by atoms with van der Waals surface area (Å²) in [5, 5.41) is 11.1. The molecule has 0 aliphatic heterocycles. The van der Waals surface area contributed by atoms with Gasteiger partial charge in [0, 0.05) is 12.2 Å². The maximum atomic E-state index is 11.7. The number of rotatable bonds is 4. The molecule has 1 aromatic heterocycles. The number of pyridine rings is 1. The molecule has 1 aromatic rings. The highest BCUT2D eigenvalue weighted by atomic mass is 79.9. The Bertz CT molecular complexity index is 409. The molecule has 5 nitrogen and oxygen atoms in total. The molecule has 2 N–H and O–H groups in total. The maximum Gasteiger partial charge on any atom is 0.305 e. The first-order chi connectivity index (χ1) is 7.50. The highest BCUT2D eigenvalue weighted by molar-refractivity contribution is 9.10. The summed E-state index contributed by atoms with van der Waals surface area (Å²) < 4.78 is 0.440. The second-order valence-electron chi connectivity index (χ2n) is 3.31. The van der Waals surface area contributed by atoms with Gasteiger partial charge >= 0.3 is 5.97 Å². The van der Waals surface area contributed by atoms with Crippen molar-refractivity contribution in [3.63, 3.8) is 0 Å². The van der Waals surface area contributed by atoms with Crippen LogP contribution in [-0.2, 0) is 4.79 Å². The van der Waals surface area contributed by atoms with Crippen LogP contribution in [0, 0.1) is 0 Å². The minimum absolute atomic E-state index is 0.108. The van der Waals surface area contributed by atoms with Gasteiger partial charge in [0.1, 0.15) is 4.60 Å². The van der Waals surface area contributed by atoms with Gasteiger partial charge in [0.2, 0.25) is 0 Å². The molecule has 6 heteroatoms. The van der Waals surface area contributed by atoms with Gasteiger partial charge in [-0.2, -0.15) is 0 Å². The molecule has 0 saturated heterocycles. The Kier molecular flexibility index (Phi) is 4.42. The van der Waals surface area contributed by atoms with Gasteiger partial charge in [-0.05, 0) is 35.0 Å². The van der Waals surface area contributed by atoms with Gasteiger partial charge in [-0.1, -0.05) is 0 Å². The molecule has 0 fully saturated rings. The van der Waals surface area contributed by atoms with E-state index in [2.05, 4.69) is 26.2 Å². The van der Waals surface area contributed by atoms with E-state index in [1.165, 1.54) is 0 Å². The lowest BCUT2D eigenvalue weighted by Crippen LogP contribution is -2.34. The summed E-state index contributed by atoms with van der Waals surface area (Å²) in [6, 6.07) is 2.83. The largest absolute Gasteiger partial charge is 0.481 e. The third-order valence-corrected chi connectivity index (χ3v) is 2.49. The second kappa shape index (κ2) is 5.60. The van der Waals surface area contributed by atoms with Crippen LogP contribution in [0.1, 0.15) is 23.7 Å². The molecule has 1 unspecified atom stereocenters. The van der Waals surface area contributed by atoms with E-state index in [4.69, 9.17) is 5.11 Å². The maximum absolute atomic E-state index is 11.7. The lowest BCUT2D eigenvalue weighted by molar-refractivity contribution is -0.137. The number of carboxylic acid groups (broad SMARTS) is 1. The van der Waals surface area contributed by atoms with Gasteiger partial charge in [0.15, 0.2) is 0 Å². The lowest BCUT2D eigenvalue weighted by atomic mass is 10.2. The molecule has 1 amide bonds. The highest BCUT2D eigenvalue weighted by Gasteiger charge is 2.14. The van der Waals surface area contributed by atoms with Gasteiger partial charge in [0.05, 0.1) is 12.0 Å². The molecular formula is C10H11BrN2O3. The standard InChI is InChI=1S/C10H11BrN2O3/c1-6(5-8(14)15)13-10(16)7-3-2-4-12-9(7)11/h2-4,6H,5H2,1H3,(H,13,16)(H,14,15). The number of aliphatic carboxylic acids is 1. The van der Waals surface area contributed by atoms with Gasteiger partial charge in [-0.3, -0.25) is 9.59 Å². The van der Waals surface area contributed by atoms with Crippen molar-refractivity contribution in [1.82, 2.24) is 10.3 Å². The Morgan fingerprint density at radius 3 is 2.88 bits per heavy atom. The predicted octanol–water partition coefficient (Wildman–Crippen LogP) is 1.44. The number of nitrogens with one attached hydrogen (secondary N) is 1. The van der Waals surface area contributed by atoms with E-state index < -0.39 is 12.0 Å². The quantitative estimate of drug-likeness (QED) is 0.821. The van der Waals surface area contributed by atoms with Gasteiger partial charge < -0.3 is 10.4 Å². The van der Waals surface area contributed by atoms with Crippen molar-refractivity contribution in [3.05, 3.63) is 28.5 Å². The SMILES string of the molecule is CC(CC(=O)O)NC(=O)c1cccnc1Br. The number of hydrogen-bond donors (Lipinski definition) is 2. The van der Waals surface area contributed by atoms with Crippen LogP contribution in [0.5, 0.6) is 0 Å². The Hall–Kier alpha value is -1.43. The highest BCUT2D eigenvalue weighted by Crippen LogP contribution is 2.12. The topological polar surface area (TPSA) is 79.3 Å². The zero-order valence-corrected chi connectivity index (χ0v) is 10.2. The number of amides is 1. The Balaban J connectivity index is 2.66. The van der Waals surface area contributed by atoms with Crippen molar-refractivity contribution in [2.24, 2.45) is 0 Å². The second-order valence-corrected chi connectivity index (χ2v) is 4.07. The monoisotopic (exact) mass is 286 g/mol. The molecule has 0 aliphatic carbocycles. The third-order valence-electron chi connectivity index (χ3n) is 1.86. The summed E-state index contributed by atoms with van der Waals surface area (Å²) in [4.78, 5) is 26.0. The zero-order chi connectivity index (χ0) is 12.1. The van der Waals surface area contributed by atoms with Crippen LogP contribution in [0.15, 0.2) is 22.9 Å². The van der Waals surface area contributed by atoms with E-state index in [0.29, 0.717) is 10.2 Å². The smallest absolute Gasteiger partial charge is 0.305 e. The number of carbonyl (C=O) groups excluding carboxylic acids is 1. The summed E-state index contributed by atoms with van der Waals surface area (Å²) in [6.45, 7) is 1.64. The predicted molar refractivity (Wildman–Crippen MR) is 61.1 cm³/mol. The molecule has 0 saturated carbocycles. The molecule has 0 aromatic carbocycles. The van der Waals surface area contributed by atoms with Crippen molar-refractivity contribution in [1.29, 1.82) is 0 Å². The van der Waals surface area contributed by atoms with Crippen molar-refractivity contribution in [3.8, 4) is 0 Å². The Labute approximate surface area is 101 Å². The summed E-state index contributed by atoms with van der Waals surface area (Å²) in [6.07, 6.45) is 1.45. The minimum atomic E-state index is -0.946. The first kappa shape index (κ1) is 12.6. The fraction of sp³-hybridized carbons (Fsp3) is 0.300. The summed E-state index contributed by atoms with van der Waals surface area (Å²) >= 11 is 3.15. The minimum Gasteiger partial charge on any atom is -0.481 e. The number of halogens is 1. The van der Waals surface area contributed by atoms with Crippen molar-refractivity contribution >= 4 is 27.8 Å². The molecule has 0 radical (unpaired) electrons. The fourth-order valence-electron chi connectivity index (χ4n) is 1.17. The van der Waals surface area contributed by atoms with E-state index >= 15 is 0 Å². The van der Waals surface area contributed by atoms with Gasteiger partial charge in [-0.25, -0.2) is 4.98 Å². The van der Waals surface area contributed by atoms with E-state index in [1.807, 2.05) is 0 Å². The lowest BCUT2D eigenvalue weighted by Gasteiger charge is -2.11. The molecular weight excluding hydrogens is 276 g/mol. The van der Waals surface area contributed by atoms with Crippen molar-refractivity contribution in [2.75, 3.05) is 0 Å². The van der Waals surface area contributed by atoms with Crippen LogP contribution in [-0.4, -0.2) is 28.0 Å². The Morgan fingerprint density at radius 2 is 2.31 bits per heavy atom. The van der Waals surface area contributed by atoms with Gasteiger partial charge in [-0.15, -0.1) is 0 Å². The van der Waals surface area contributed by atoms with Crippen LogP contribution in [0.4, 0.5) is 0 Å².